The van der Waals surface area contributed by atoms with Crippen molar-refractivity contribution in [3.05, 3.63) is 21.2 Å². The van der Waals surface area contributed by atoms with Crippen molar-refractivity contribution in [1.82, 2.24) is 29.7 Å². The monoisotopic (exact) mass is 342 g/mol. The second-order valence-electron chi connectivity index (χ2n) is 4.40. The summed E-state index contributed by atoms with van der Waals surface area (Å²) in [6.07, 6.45) is 0.846. The summed E-state index contributed by atoms with van der Waals surface area (Å²) in [6, 6.07) is 0. The number of aromatic nitrogens is 6. The molecular weight excluding hydrogens is 328 g/mol. The molecule has 0 spiro atoms. The van der Waals surface area contributed by atoms with Crippen LogP contribution in [0, 0.1) is 9.54 Å². The maximum Gasteiger partial charge on any atom is 0.235 e. The highest BCUT2D eigenvalue weighted by Gasteiger charge is 2.12. The number of amides is 2. The van der Waals surface area contributed by atoms with Gasteiger partial charge in [0.05, 0.1) is 0 Å². The molecule has 2 aromatic heterocycles. The first kappa shape index (κ1) is 16.0. The molecule has 118 valence electrons. The minimum Gasteiger partial charge on any atom is -0.274 e. The molecule has 0 radical (unpaired) electrons. The number of hydrogen-bond acceptors (Lipinski definition) is 6. The zero-order valence-electron chi connectivity index (χ0n) is 11.8. The first-order valence-corrected chi connectivity index (χ1v) is 7.08. The Morgan fingerprint density at radius 1 is 0.955 bits per heavy atom. The summed E-state index contributed by atoms with van der Waals surface area (Å²) >= 11 is 10.1. The smallest absolute Gasteiger partial charge is 0.235 e. The van der Waals surface area contributed by atoms with E-state index in [4.69, 9.17) is 24.4 Å². The van der Waals surface area contributed by atoms with Crippen molar-refractivity contribution < 1.29 is 9.59 Å². The second-order valence-corrected chi connectivity index (χ2v) is 5.17. The predicted molar refractivity (Wildman–Crippen MR) is 82.3 cm³/mol. The van der Waals surface area contributed by atoms with Gasteiger partial charge in [-0.3, -0.25) is 30.6 Å². The molecular formula is C10H14N8O2S2. The van der Waals surface area contributed by atoms with E-state index in [0.717, 1.165) is 0 Å². The van der Waals surface area contributed by atoms with E-state index in [-0.39, 0.29) is 21.4 Å². The quantitative estimate of drug-likeness (QED) is 0.574. The third-order valence-electron chi connectivity index (χ3n) is 2.59. The average Bonchev–Trinajstić information content (AvgIpc) is 2.93. The van der Waals surface area contributed by atoms with Gasteiger partial charge in [0.1, 0.15) is 0 Å². The van der Waals surface area contributed by atoms with E-state index in [0.29, 0.717) is 24.5 Å². The van der Waals surface area contributed by atoms with Gasteiger partial charge in [0.2, 0.25) is 21.4 Å². The summed E-state index contributed by atoms with van der Waals surface area (Å²) in [5.74, 6) is 0.534. The van der Waals surface area contributed by atoms with E-state index in [1.54, 1.807) is 0 Å². The normalized spacial score (nSPS) is 10.5. The Morgan fingerprint density at radius 3 is 1.64 bits per heavy atom. The molecule has 0 bridgehead atoms. The van der Waals surface area contributed by atoms with Crippen LogP contribution in [0.4, 0.5) is 0 Å². The van der Waals surface area contributed by atoms with Crippen LogP contribution in [0.5, 0.6) is 0 Å². The average molecular weight is 342 g/mol. The van der Waals surface area contributed by atoms with Gasteiger partial charge in [-0.1, -0.05) is 0 Å². The molecule has 0 saturated heterocycles. The third kappa shape index (κ3) is 3.65. The zero-order valence-corrected chi connectivity index (χ0v) is 13.5. The summed E-state index contributed by atoms with van der Waals surface area (Å²) in [4.78, 5) is 22.3. The van der Waals surface area contributed by atoms with Crippen molar-refractivity contribution >= 4 is 36.3 Å². The minimum atomic E-state index is -0.264. The van der Waals surface area contributed by atoms with Gasteiger partial charge in [-0.2, -0.15) is 10.2 Å². The Balaban J connectivity index is 2.18. The van der Waals surface area contributed by atoms with Gasteiger partial charge in [0, 0.05) is 26.7 Å². The fourth-order valence-corrected chi connectivity index (χ4v) is 2.16. The lowest BCUT2D eigenvalue weighted by atomic mass is 10.3. The Bertz CT molecular complexity index is 745. The number of aromatic amines is 2. The van der Waals surface area contributed by atoms with Crippen molar-refractivity contribution in [2.24, 2.45) is 0 Å². The molecule has 2 heterocycles. The van der Waals surface area contributed by atoms with Crippen molar-refractivity contribution in [3.8, 4) is 0 Å². The van der Waals surface area contributed by atoms with Gasteiger partial charge < -0.3 is 0 Å². The standard InChI is InChI=1S/C10H14N8O2S2/c1-5(19)15-17-7(11-13-9(17)21)3-4-8-12-14-10(22)18(8)16-6(2)20/h3-4H2,1-2H3,(H,13,21)(H,14,22)(H,15,19)(H,16,20). The summed E-state index contributed by atoms with van der Waals surface area (Å²) in [5.41, 5.74) is 5.13. The molecule has 0 unspecified atom stereocenters. The number of rotatable bonds is 5. The van der Waals surface area contributed by atoms with Crippen LogP contribution in [-0.4, -0.2) is 41.6 Å². The van der Waals surface area contributed by atoms with Crippen LogP contribution in [0.2, 0.25) is 0 Å². The van der Waals surface area contributed by atoms with Crippen molar-refractivity contribution in [2.45, 2.75) is 26.7 Å². The molecule has 2 amide bonds. The topological polar surface area (TPSA) is 125 Å². The Morgan fingerprint density at radius 2 is 1.32 bits per heavy atom. The first-order chi connectivity index (χ1) is 10.4. The molecule has 10 nitrogen and oxygen atoms in total. The van der Waals surface area contributed by atoms with Crippen LogP contribution in [0.15, 0.2) is 0 Å². The highest BCUT2D eigenvalue weighted by atomic mass is 32.1. The van der Waals surface area contributed by atoms with Crippen molar-refractivity contribution in [3.63, 3.8) is 0 Å². The molecule has 2 rings (SSSR count). The lowest BCUT2D eigenvalue weighted by molar-refractivity contribution is -0.116. The number of carbonyl (C=O) groups is 2. The molecule has 2 aromatic rings. The van der Waals surface area contributed by atoms with Crippen LogP contribution < -0.4 is 10.9 Å². The van der Waals surface area contributed by atoms with Crippen LogP contribution in [0.25, 0.3) is 0 Å². The number of carbonyl (C=O) groups excluding carboxylic acids is 2. The summed E-state index contributed by atoms with van der Waals surface area (Å²) in [6.45, 7) is 2.75. The number of hydrogen-bond donors (Lipinski definition) is 4. The van der Waals surface area contributed by atoms with Crippen LogP contribution in [-0.2, 0) is 22.4 Å². The summed E-state index contributed by atoms with van der Waals surface area (Å²) in [7, 11) is 0. The van der Waals surface area contributed by atoms with E-state index in [1.165, 1.54) is 23.2 Å². The fourth-order valence-electron chi connectivity index (χ4n) is 1.76. The Hall–Kier alpha value is -2.34. The first-order valence-electron chi connectivity index (χ1n) is 6.26. The number of H-pyrrole nitrogens is 2. The van der Waals surface area contributed by atoms with Crippen LogP contribution in [0.1, 0.15) is 25.5 Å². The van der Waals surface area contributed by atoms with E-state index >= 15 is 0 Å². The number of nitrogens with zero attached hydrogens (tertiary/aromatic N) is 4. The number of aryl methyl sites for hydroxylation is 2. The van der Waals surface area contributed by atoms with Gasteiger partial charge in [0.15, 0.2) is 11.6 Å². The summed E-state index contributed by atoms with van der Waals surface area (Å²) in [5, 5.41) is 13.3. The van der Waals surface area contributed by atoms with E-state index in [1.807, 2.05) is 0 Å². The molecule has 4 N–H and O–H groups in total. The molecule has 0 aliphatic heterocycles. The van der Waals surface area contributed by atoms with Gasteiger partial charge in [-0.15, -0.1) is 0 Å². The molecule has 22 heavy (non-hydrogen) atoms. The third-order valence-corrected chi connectivity index (χ3v) is 3.14. The van der Waals surface area contributed by atoms with Gasteiger partial charge >= 0.3 is 0 Å². The maximum absolute atomic E-state index is 11.2. The van der Waals surface area contributed by atoms with E-state index < -0.39 is 0 Å². The molecule has 0 fully saturated rings. The molecule has 0 aromatic carbocycles. The molecule has 0 aliphatic rings. The Kier molecular flexibility index (Phi) is 4.82. The SMILES string of the molecule is CC(=O)Nn1c(CCc2n[nH]c(=S)n2NC(C)=O)n[nH]c1=S. The predicted octanol–water partition coefficient (Wildman–Crippen LogP) is 0.160. The maximum atomic E-state index is 11.2. The number of nitrogens with one attached hydrogen (secondary N) is 4. The van der Waals surface area contributed by atoms with Crippen LogP contribution >= 0.6 is 24.4 Å². The molecule has 0 atom stereocenters. The molecule has 12 heteroatoms. The van der Waals surface area contributed by atoms with Gasteiger partial charge in [0.25, 0.3) is 0 Å². The second kappa shape index (κ2) is 6.62. The van der Waals surface area contributed by atoms with Gasteiger partial charge in [-0.25, -0.2) is 9.35 Å². The van der Waals surface area contributed by atoms with Gasteiger partial charge in [-0.05, 0) is 24.4 Å². The van der Waals surface area contributed by atoms with E-state index in [2.05, 4.69) is 31.2 Å². The summed E-state index contributed by atoms with van der Waals surface area (Å²) < 4.78 is 3.35. The Labute approximate surface area is 134 Å². The molecule has 0 aliphatic carbocycles. The lowest BCUT2D eigenvalue weighted by Crippen LogP contribution is -2.24. The van der Waals surface area contributed by atoms with Crippen molar-refractivity contribution in [1.29, 1.82) is 0 Å². The van der Waals surface area contributed by atoms with Crippen LogP contribution in [0.3, 0.4) is 0 Å². The lowest BCUT2D eigenvalue weighted by Gasteiger charge is -2.08. The van der Waals surface area contributed by atoms with E-state index in [9.17, 15) is 9.59 Å². The highest BCUT2D eigenvalue weighted by molar-refractivity contribution is 7.71. The minimum absolute atomic E-state index is 0.264. The zero-order chi connectivity index (χ0) is 16.3. The highest BCUT2D eigenvalue weighted by Crippen LogP contribution is 2.03. The molecule has 0 saturated carbocycles. The fraction of sp³-hybridized carbons (Fsp3) is 0.400. The van der Waals surface area contributed by atoms with Crippen molar-refractivity contribution in [2.75, 3.05) is 10.9 Å². The largest absolute Gasteiger partial charge is 0.274 e.